The molecule has 0 unspecified atom stereocenters. The van der Waals surface area contributed by atoms with Crippen LogP contribution in [-0.4, -0.2) is 16.7 Å². The van der Waals surface area contributed by atoms with E-state index in [1.54, 1.807) is 7.11 Å². The maximum Gasteiger partial charge on any atom is 0.141 e. The van der Waals surface area contributed by atoms with Crippen LogP contribution in [-0.2, 0) is 6.54 Å². The van der Waals surface area contributed by atoms with Crippen molar-refractivity contribution in [2.75, 3.05) is 7.11 Å². The molecule has 0 atom stereocenters. The highest BCUT2D eigenvalue weighted by atomic mass is 35.5. The van der Waals surface area contributed by atoms with Crippen molar-refractivity contribution in [2.24, 2.45) is 0 Å². The molecule has 0 aliphatic rings. The van der Waals surface area contributed by atoms with Gasteiger partial charge in [0.15, 0.2) is 0 Å². The van der Waals surface area contributed by atoms with E-state index in [9.17, 15) is 0 Å². The first-order valence-corrected chi connectivity index (χ1v) is 6.54. The Bertz CT molecular complexity index is 747. The fourth-order valence-electron chi connectivity index (χ4n) is 2.35. The lowest BCUT2D eigenvalue weighted by atomic mass is 10.2. The third kappa shape index (κ3) is 2.78. The Morgan fingerprint density at radius 1 is 1.14 bits per heavy atom. The molecule has 0 N–H and O–H groups in total. The molecule has 4 heteroatoms. The topological polar surface area (TPSA) is 27.1 Å². The van der Waals surface area contributed by atoms with Gasteiger partial charge in [0.1, 0.15) is 11.6 Å². The van der Waals surface area contributed by atoms with E-state index >= 15 is 0 Å². The quantitative estimate of drug-likeness (QED) is 0.671. The van der Waals surface area contributed by atoms with Crippen molar-refractivity contribution in [3.63, 3.8) is 0 Å². The van der Waals surface area contributed by atoms with Crippen molar-refractivity contribution in [1.82, 2.24) is 9.55 Å². The molecule has 3 aromatic rings. The largest absolute Gasteiger partial charge is 0.497 e. The Hall–Kier alpha value is -2.26. The number of hydrogen-bond donors (Lipinski definition) is 0. The van der Waals surface area contributed by atoms with Gasteiger partial charge < -0.3 is 9.30 Å². The molecule has 0 radical (unpaired) electrons. The van der Waals surface area contributed by atoms with Gasteiger partial charge in [-0.3, -0.25) is 0 Å². The fourth-order valence-corrected chi connectivity index (χ4v) is 2.35. The second-order valence-corrected chi connectivity index (χ2v) is 4.55. The molecule has 3 nitrogen and oxygen atoms in total. The summed E-state index contributed by atoms with van der Waals surface area (Å²) in [6.45, 7) is 4.57. The molecule has 21 heavy (non-hydrogen) atoms. The van der Waals surface area contributed by atoms with Crippen LogP contribution in [0.1, 0.15) is 0 Å². The summed E-state index contributed by atoms with van der Waals surface area (Å²) in [5.74, 6) is 1.80. The molecule has 108 valence electrons. The highest BCUT2D eigenvalue weighted by molar-refractivity contribution is 5.85. The molecule has 0 aliphatic heterocycles. The SMILES string of the molecule is C=CCn1c(-c2ccc(OC)cc2)nc2ccccc21.Cl. The molecule has 0 saturated heterocycles. The number of fused-ring (bicyclic) bond motifs is 1. The van der Waals surface area contributed by atoms with Crippen LogP contribution in [0, 0.1) is 0 Å². The lowest BCUT2D eigenvalue weighted by Gasteiger charge is -2.07. The summed E-state index contributed by atoms with van der Waals surface area (Å²) >= 11 is 0. The second-order valence-electron chi connectivity index (χ2n) is 4.55. The number of methoxy groups -OCH3 is 1. The zero-order chi connectivity index (χ0) is 13.9. The minimum absolute atomic E-state index is 0. The monoisotopic (exact) mass is 300 g/mol. The van der Waals surface area contributed by atoms with Crippen molar-refractivity contribution in [3.05, 3.63) is 61.2 Å². The van der Waals surface area contributed by atoms with Crippen LogP contribution in [0.4, 0.5) is 0 Å². The van der Waals surface area contributed by atoms with Crippen molar-refractivity contribution in [2.45, 2.75) is 6.54 Å². The van der Waals surface area contributed by atoms with E-state index in [2.05, 4.69) is 17.2 Å². The Kier molecular flexibility index (Phi) is 4.66. The van der Waals surface area contributed by atoms with E-state index in [4.69, 9.17) is 9.72 Å². The van der Waals surface area contributed by atoms with Crippen molar-refractivity contribution in [1.29, 1.82) is 0 Å². The smallest absolute Gasteiger partial charge is 0.141 e. The minimum atomic E-state index is 0. The highest BCUT2D eigenvalue weighted by Gasteiger charge is 2.11. The second kappa shape index (κ2) is 6.46. The van der Waals surface area contributed by atoms with E-state index < -0.39 is 0 Å². The van der Waals surface area contributed by atoms with Gasteiger partial charge in [-0.15, -0.1) is 19.0 Å². The average molecular weight is 301 g/mol. The average Bonchev–Trinajstić information content (AvgIpc) is 2.87. The van der Waals surface area contributed by atoms with Crippen LogP contribution >= 0.6 is 12.4 Å². The predicted molar refractivity (Wildman–Crippen MR) is 89.2 cm³/mol. The van der Waals surface area contributed by atoms with Gasteiger partial charge in [-0.05, 0) is 36.4 Å². The molecule has 1 heterocycles. The van der Waals surface area contributed by atoms with Gasteiger partial charge in [0.2, 0.25) is 0 Å². The Balaban J connectivity index is 0.00000161. The number of ether oxygens (including phenoxy) is 1. The number of hydrogen-bond acceptors (Lipinski definition) is 2. The van der Waals surface area contributed by atoms with Gasteiger partial charge in [-0.1, -0.05) is 18.2 Å². The molecule has 0 amide bonds. The first-order valence-electron chi connectivity index (χ1n) is 6.54. The van der Waals surface area contributed by atoms with Crippen LogP contribution in [0.15, 0.2) is 61.2 Å². The fraction of sp³-hybridized carbons (Fsp3) is 0.118. The summed E-state index contributed by atoms with van der Waals surface area (Å²) in [5.41, 5.74) is 3.20. The van der Waals surface area contributed by atoms with Gasteiger partial charge in [0.05, 0.1) is 18.1 Å². The molecule has 0 spiro atoms. The van der Waals surface area contributed by atoms with Gasteiger partial charge in [-0.25, -0.2) is 4.98 Å². The maximum absolute atomic E-state index is 5.20. The number of aromatic nitrogens is 2. The zero-order valence-corrected chi connectivity index (χ0v) is 12.6. The zero-order valence-electron chi connectivity index (χ0n) is 11.8. The van der Waals surface area contributed by atoms with E-state index in [0.29, 0.717) is 0 Å². The summed E-state index contributed by atoms with van der Waals surface area (Å²) in [6.07, 6.45) is 1.89. The van der Waals surface area contributed by atoms with Crippen molar-refractivity contribution >= 4 is 23.4 Å². The first kappa shape index (κ1) is 15.1. The summed E-state index contributed by atoms with van der Waals surface area (Å²) in [4.78, 5) is 4.73. The number of rotatable bonds is 4. The molecule has 2 aromatic carbocycles. The third-order valence-corrected chi connectivity index (χ3v) is 3.31. The van der Waals surface area contributed by atoms with Crippen LogP contribution in [0.3, 0.4) is 0 Å². The predicted octanol–water partition coefficient (Wildman–Crippen LogP) is 4.32. The van der Waals surface area contributed by atoms with E-state index in [1.165, 1.54) is 0 Å². The lowest BCUT2D eigenvalue weighted by molar-refractivity contribution is 0.415. The summed E-state index contributed by atoms with van der Waals surface area (Å²) < 4.78 is 7.37. The molecule has 0 bridgehead atoms. The van der Waals surface area contributed by atoms with Crippen LogP contribution in [0.25, 0.3) is 22.4 Å². The maximum atomic E-state index is 5.20. The van der Waals surface area contributed by atoms with E-state index in [-0.39, 0.29) is 12.4 Å². The van der Waals surface area contributed by atoms with E-state index in [0.717, 1.165) is 34.7 Å². The van der Waals surface area contributed by atoms with Crippen molar-refractivity contribution < 1.29 is 4.74 Å². The number of benzene rings is 2. The molecule has 1 aromatic heterocycles. The van der Waals surface area contributed by atoms with Gasteiger partial charge in [0, 0.05) is 12.1 Å². The number of allylic oxidation sites excluding steroid dienone is 1. The number of nitrogens with zero attached hydrogens (tertiary/aromatic N) is 2. The van der Waals surface area contributed by atoms with Gasteiger partial charge >= 0.3 is 0 Å². The lowest BCUT2D eigenvalue weighted by Crippen LogP contribution is -1.98. The molecule has 0 fully saturated rings. The highest BCUT2D eigenvalue weighted by Crippen LogP contribution is 2.26. The first-order chi connectivity index (χ1) is 9.83. The normalized spacial score (nSPS) is 10.1. The minimum Gasteiger partial charge on any atom is -0.497 e. The van der Waals surface area contributed by atoms with Crippen LogP contribution in [0.2, 0.25) is 0 Å². The summed E-state index contributed by atoms with van der Waals surface area (Å²) in [5, 5.41) is 0. The van der Waals surface area contributed by atoms with Crippen LogP contribution in [0.5, 0.6) is 5.75 Å². The molecule has 0 aliphatic carbocycles. The Morgan fingerprint density at radius 3 is 2.52 bits per heavy atom. The third-order valence-electron chi connectivity index (χ3n) is 3.31. The molecule has 3 rings (SSSR count). The molecular formula is C17H17ClN2O. The van der Waals surface area contributed by atoms with E-state index in [1.807, 2.05) is 48.5 Å². The van der Waals surface area contributed by atoms with Gasteiger partial charge in [-0.2, -0.15) is 0 Å². The Labute approximate surface area is 130 Å². The molecular weight excluding hydrogens is 284 g/mol. The summed E-state index contributed by atoms with van der Waals surface area (Å²) in [7, 11) is 1.67. The van der Waals surface area contributed by atoms with Gasteiger partial charge in [0.25, 0.3) is 0 Å². The number of halogens is 1. The molecule has 0 saturated carbocycles. The number of imidazole rings is 1. The number of para-hydroxylation sites is 2. The summed E-state index contributed by atoms with van der Waals surface area (Å²) in [6, 6.07) is 16.1. The standard InChI is InChI=1S/C17H16N2O.ClH/c1-3-12-19-16-7-5-4-6-15(16)18-17(19)13-8-10-14(20-2)11-9-13;/h3-11H,1,12H2,2H3;1H. The Morgan fingerprint density at radius 2 is 1.86 bits per heavy atom. The van der Waals surface area contributed by atoms with Crippen molar-refractivity contribution in [3.8, 4) is 17.1 Å². The van der Waals surface area contributed by atoms with Crippen LogP contribution < -0.4 is 4.74 Å².